The molecule has 9 heteroatoms. The molecule has 0 aromatic carbocycles. The van der Waals surface area contributed by atoms with Gasteiger partial charge in [-0.2, -0.15) is 0 Å². The van der Waals surface area contributed by atoms with E-state index in [4.69, 9.17) is 0 Å². The van der Waals surface area contributed by atoms with Gasteiger partial charge in [-0.25, -0.2) is 9.97 Å². The van der Waals surface area contributed by atoms with Crippen LogP contribution in [0.5, 0.6) is 0 Å². The molecule has 2 aromatic rings. The first-order chi connectivity index (χ1) is 16.2. The lowest BCUT2D eigenvalue weighted by Gasteiger charge is -2.23. The summed E-state index contributed by atoms with van der Waals surface area (Å²) < 4.78 is 0. The predicted octanol–water partition coefficient (Wildman–Crippen LogP) is 6.05. The van der Waals surface area contributed by atoms with E-state index in [2.05, 4.69) is 20.6 Å². The van der Waals surface area contributed by atoms with Gasteiger partial charge in [0.1, 0.15) is 10.1 Å². The van der Waals surface area contributed by atoms with E-state index in [0.29, 0.717) is 21.2 Å². The van der Waals surface area contributed by atoms with Crippen LogP contribution in [-0.2, 0) is 0 Å². The number of rotatable bonds is 8. The summed E-state index contributed by atoms with van der Waals surface area (Å²) in [7, 11) is 4.31. The van der Waals surface area contributed by atoms with Crippen LogP contribution in [0.2, 0.25) is 0 Å². The Morgan fingerprint density at radius 3 is 1.55 bits per heavy atom. The van der Waals surface area contributed by atoms with Crippen LogP contribution >= 0.6 is 31.4 Å². The second kappa shape index (κ2) is 12.7. The Bertz CT molecular complexity index is 871. The minimum absolute atomic E-state index is 0.0616. The number of nitrogens with one attached hydrogen (secondary N) is 2. The molecule has 2 aromatic heterocycles. The second-order valence-corrected chi connectivity index (χ2v) is 12.4. The third-order valence-electron chi connectivity index (χ3n) is 6.14. The summed E-state index contributed by atoms with van der Waals surface area (Å²) in [5.74, 6) is -0.123. The fraction of sp³-hybridized carbons (Fsp3) is 0.500. The van der Waals surface area contributed by atoms with E-state index >= 15 is 0 Å². The molecule has 0 saturated heterocycles. The van der Waals surface area contributed by atoms with Crippen LogP contribution in [0.15, 0.2) is 46.7 Å². The van der Waals surface area contributed by atoms with Gasteiger partial charge in [0.2, 0.25) is 0 Å². The van der Waals surface area contributed by atoms with Crippen LogP contribution in [0, 0.1) is 0 Å². The van der Waals surface area contributed by atoms with Crippen molar-refractivity contribution in [1.82, 2.24) is 20.6 Å². The molecule has 2 N–H and O–H groups in total. The molecule has 0 atom stereocenters. The van der Waals surface area contributed by atoms with Gasteiger partial charge >= 0.3 is 0 Å². The molecule has 0 unspecified atom stereocenters. The number of nitrogens with zero attached hydrogens (tertiary/aromatic N) is 2. The van der Waals surface area contributed by atoms with E-state index in [1.54, 1.807) is 24.5 Å². The van der Waals surface area contributed by atoms with Crippen LogP contribution in [0.1, 0.15) is 84.9 Å². The molecular formula is C24H30N4O2S3. The maximum absolute atomic E-state index is 12.9. The Labute approximate surface area is 207 Å². The summed E-state index contributed by atoms with van der Waals surface area (Å²) in [6.07, 6.45) is 14.8. The predicted molar refractivity (Wildman–Crippen MR) is 136 cm³/mol. The number of pyridine rings is 2. The Kier molecular flexibility index (Phi) is 9.37. The highest BCUT2D eigenvalue weighted by atomic mass is 33.5. The number of carbonyl (C=O) groups is 2. The first kappa shape index (κ1) is 24.4. The molecule has 0 aliphatic heterocycles. The van der Waals surface area contributed by atoms with Gasteiger partial charge in [0.15, 0.2) is 0 Å². The number of hydrogen-bond donors (Lipinski definition) is 2. The van der Waals surface area contributed by atoms with Crippen molar-refractivity contribution < 1.29 is 9.59 Å². The van der Waals surface area contributed by atoms with Crippen molar-refractivity contribution in [2.75, 3.05) is 0 Å². The highest BCUT2D eigenvalue weighted by molar-refractivity contribution is 9.09. The zero-order chi connectivity index (χ0) is 22.9. The molecular weight excluding hydrogens is 472 g/mol. The third kappa shape index (κ3) is 7.13. The average Bonchev–Trinajstić information content (AvgIpc) is 2.86. The van der Waals surface area contributed by atoms with Gasteiger partial charge in [0.05, 0.1) is 11.1 Å². The molecule has 0 spiro atoms. The largest absolute Gasteiger partial charge is 0.349 e. The highest BCUT2D eigenvalue weighted by Gasteiger charge is 2.21. The SMILES string of the molecule is O=C(NC1CCCCC1)c1cccnc1SSSc1ncccc1C(=O)NC1CCCCC1. The van der Waals surface area contributed by atoms with Gasteiger partial charge in [0, 0.05) is 24.5 Å². The minimum atomic E-state index is -0.0616. The topological polar surface area (TPSA) is 84.0 Å². The maximum Gasteiger partial charge on any atom is 0.254 e. The number of carbonyl (C=O) groups excluding carboxylic acids is 2. The molecule has 4 rings (SSSR count). The van der Waals surface area contributed by atoms with Crippen molar-refractivity contribution in [3.05, 3.63) is 47.8 Å². The molecule has 2 saturated carbocycles. The lowest BCUT2D eigenvalue weighted by atomic mass is 9.95. The maximum atomic E-state index is 12.9. The van der Waals surface area contributed by atoms with E-state index < -0.39 is 0 Å². The van der Waals surface area contributed by atoms with Gasteiger partial charge in [-0.1, -0.05) is 38.5 Å². The summed E-state index contributed by atoms with van der Waals surface area (Å²) in [4.78, 5) is 34.6. The molecule has 2 aliphatic rings. The fourth-order valence-corrected chi connectivity index (χ4v) is 7.99. The summed E-state index contributed by atoms with van der Waals surface area (Å²) in [6, 6.07) is 7.74. The van der Waals surface area contributed by atoms with Crippen molar-refractivity contribution in [1.29, 1.82) is 0 Å². The van der Waals surface area contributed by atoms with Gasteiger partial charge in [-0.05, 0) is 81.4 Å². The third-order valence-corrected chi connectivity index (χ3v) is 9.82. The Balaban J connectivity index is 1.35. The van der Waals surface area contributed by atoms with Crippen LogP contribution < -0.4 is 10.6 Å². The first-order valence-corrected chi connectivity index (χ1v) is 15.2. The molecule has 2 fully saturated rings. The van der Waals surface area contributed by atoms with Gasteiger partial charge in [0.25, 0.3) is 11.8 Å². The van der Waals surface area contributed by atoms with Crippen molar-refractivity contribution in [3.63, 3.8) is 0 Å². The van der Waals surface area contributed by atoms with E-state index in [1.165, 1.54) is 69.9 Å². The quantitative estimate of drug-likeness (QED) is 0.425. The van der Waals surface area contributed by atoms with Crippen molar-refractivity contribution in [3.8, 4) is 0 Å². The summed E-state index contributed by atoms with van der Waals surface area (Å²) in [6.45, 7) is 0. The summed E-state index contributed by atoms with van der Waals surface area (Å²) >= 11 is 0. The van der Waals surface area contributed by atoms with E-state index in [9.17, 15) is 9.59 Å². The lowest BCUT2D eigenvalue weighted by molar-refractivity contribution is 0.0915. The van der Waals surface area contributed by atoms with E-state index in [1.807, 2.05) is 12.1 Å². The molecule has 2 heterocycles. The second-order valence-electron chi connectivity index (χ2n) is 8.56. The van der Waals surface area contributed by atoms with Crippen molar-refractivity contribution >= 4 is 43.2 Å². The zero-order valence-corrected chi connectivity index (χ0v) is 21.1. The Hall–Kier alpha value is -1.71. The normalized spacial score (nSPS) is 17.5. The van der Waals surface area contributed by atoms with Crippen LogP contribution in [-0.4, -0.2) is 33.9 Å². The number of hydrogen-bond acceptors (Lipinski definition) is 7. The van der Waals surface area contributed by atoms with Crippen LogP contribution in [0.4, 0.5) is 0 Å². The monoisotopic (exact) mass is 502 g/mol. The van der Waals surface area contributed by atoms with Crippen molar-refractivity contribution in [2.45, 2.75) is 86.3 Å². The van der Waals surface area contributed by atoms with Crippen LogP contribution in [0.3, 0.4) is 0 Å². The zero-order valence-electron chi connectivity index (χ0n) is 18.6. The van der Waals surface area contributed by atoms with Gasteiger partial charge in [-0.3, -0.25) is 9.59 Å². The molecule has 2 amide bonds. The van der Waals surface area contributed by atoms with Crippen molar-refractivity contribution in [2.24, 2.45) is 0 Å². The average molecular weight is 503 g/mol. The van der Waals surface area contributed by atoms with Gasteiger partial charge < -0.3 is 10.6 Å². The summed E-state index contributed by atoms with van der Waals surface area (Å²) in [5, 5.41) is 7.69. The molecule has 176 valence electrons. The number of aromatic nitrogens is 2. The lowest BCUT2D eigenvalue weighted by Crippen LogP contribution is -2.36. The van der Waals surface area contributed by atoms with Crippen LogP contribution in [0.25, 0.3) is 0 Å². The summed E-state index contributed by atoms with van der Waals surface area (Å²) in [5.41, 5.74) is 1.19. The number of amides is 2. The molecule has 0 radical (unpaired) electrons. The molecule has 0 bridgehead atoms. The molecule has 33 heavy (non-hydrogen) atoms. The standard InChI is InChI=1S/C24H30N4O2S3/c29-21(27-17-9-3-1-4-10-17)19-13-7-15-25-23(19)31-33-32-24-20(14-8-16-26-24)22(30)28-18-11-5-2-6-12-18/h7-8,13-18H,1-6,9-12H2,(H,27,29)(H,28,30). The highest BCUT2D eigenvalue weighted by Crippen LogP contribution is 2.44. The smallest absolute Gasteiger partial charge is 0.254 e. The van der Waals surface area contributed by atoms with E-state index in [-0.39, 0.29) is 23.9 Å². The fourth-order valence-electron chi connectivity index (χ4n) is 4.36. The van der Waals surface area contributed by atoms with Gasteiger partial charge in [-0.15, -0.1) is 0 Å². The molecule has 6 nitrogen and oxygen atoms in total. The molecule has 2 aliphatic carbocycles. The first-order valence-electron chi connectivity index (χ1n) is 11.7. The van der Waals surface area contributed by atoms with E-state index in [0.717, 1.165) is 25.7 Å². The Morgan fingerprint density at radius 1 is 0.697 bits per heavy atom. The Morgan fingerprint density at radius 2 is 1.12 bits per heavy atom. The minimum Gasteiger partial charge on any atom is -0.349 e.